The first-order valence-electron chi connectivity index (χ1n) is 4.96. The lowest BCUT2D eigenvalue weighted by molar-refractivity contribution is 0.269. The Morgan fingerprint density at radius 2 is 1.58 bits per heavy atom. The quantitative estimate of drug-likeness (QED) is 0.556. The number of halogens is 1. The lowest BCUT2D eigenvalue weighted by Crippen LogP contribution is -2.23. The van der Waals surface area contributed by atoms with Gasteiger partial charge in [0.2, 0.25) is 0 Å². The molecular formula is C11H23Cl. The Kier molecular flexibility index (Phi) is 4.61. The molecule has 0 saturated carbocycles. The Morgan fingerprint density at radius 1 is 1.08 bits per heavy atom. The zero-order valence-corrected chi connectivity index (χ0v) is 9.96. The minimum atomic E-state index is -0.0444. The van der Waals surface area contributed by atoms with Gasteiger partial charge in [0.1, 0.15) is 0 Å². The maximum atomic E-state index is 6.20. The summed E-state index contributed by atoms with van der Waals surface area (Å²) in [6.07, 6.45) is 4.99. The van der Waals surface area contributed by atoms with E-state index in [1.807, 2.05) is 0 Å². The number of rotatable bonds is 5. The summed E-state index contributed by atoms with van der Waals surface area (Å²) in [5, 5.41) is 0. The molecule has 0 spiro atoms. The Balaban J connectivity index is 3.86. The standard InChI is InChI=1S/C11H23Cl/c1-6-7-8-10(2,3)9-11(4,5)12/h6-9H2,1-5H3. The molecule has 0 aromatic rings. The topological polar surface area (TPSA) is 0 Å². The van der Waals surface area contributed by atoms with Gasteiger partial charge in [0.25, 0.3) is 0 Å². The van der Waals surface area contributed by atoms with Crippen LogP contribution in [0.1, 0.15) is 60.3 Å². The zero-order chi connectivity index (χ0) is 9.83. The highest BCUT2D eigenvalue weighted by molar-refractivity contribution is 6.23. The first-order chi connectivity index (χ1) is 5.27. The molecule has 0 radical (unpaired) electrons. The fourth-order valence-electron chi connectivity index (χ4n) is 1.88. The molecule has 0 amide bonds. The smallest absolute Gasteiger partial charge is 0.0395 e. The van der Waals surface area contributed by atoms with Crippen LogP contribution >= 0.6 is 11.6 Å². The van der Waals surface area contributed by atoms with E-state index in [9.17, 15) is 0 Å². The normalized spacial score (nSPS) is 13.5. The van der Waals surface area contributed by atoms with Gasteiger partial charge in [0, 0.05) is 4.87 Å². The minimum absolute atomic E-state index is 0.0444. The van der Waals surface area contributed by atoms with Gasteiger partial charge in [-0.3, -0.25) is 0 Å². The molecule has 1 heteroatoms. The Bertz CT molecular complexity index is 119. The van der Waals surface area contributed by atoms with E-state index in [0.29, 0.717) is 5.41 Å². The van der Waals surface area contributed by atoms with Crippen molar-refractivity contribution in [1.29, 1.82) is 0 Å². The Labute approximate surface area is 82.7 Å². The Hall–Kier alpha value is 0.290. The van der Waals surface area contributed by atoms with Gasteiger partial charge in [-0.2, -0.15) is 0 Å². The van der Waals surface area contributed by atoms with Crippen LogP contribution in [0.4, 0.5) is 0 Å². The van der Waals surface area contributed by atoms with Crippen molar-refractivity contribution >= 4 is 11.6 Å². The summed E-state index contributed by atoms with van der Waals surface area (Å²) in [7, 11) is 0. The largest absolute Gasteiger partial charge is 0.120 e. The molecule has 12 heavy (non-hydrogen) atoms. The van der Waals surface area contributed by atoms with E-state index in [2.05, 4.69) is 34.6 Å². The van der Waals surface area contributed by atoms with Crippen molar-refractivity contribution in [2.24, 2.45) is 5.41 Å². The Morgan fingerprint density at radius 3 is 1.92 bits per heavy atom. The highest BCUT2D eigenvalue weighted by Gasteiger charge is 2.26. The molecule has 0 aliphatic heterocycles. The van der Waals surface area contributed by atoms with Crippen LogP contribution in [0.3, 0.4) is 0 Å². The van der Waals surface area contributed by atoms with E-state index in [-0.39, 0.29) is 4.87 Å². The summed E-state index contributed by atoms with van der Waals surface area (Å²) in [6, 6.07) is 0. The average molecular weight is 191 g/mol. The van der Waals surface area contributed by atoms with Crippen LogP contribution in [0, 0.1) is 5.41 Å². The minimum Gasteiger partial charge on any atom is -0.120 e. The molecule has 0 fully saturated rings. The first kappa shape index (κ1) is 12.3. The molecule has 0 N–H and O–H groups in total. The molecule has 0 unspecified atom stereocenters. The van der Waals surface area contributed by atoms with Crippen molar-refractivity contribution in [3.05, 3.63) is 0 Å². The molecule has 0 aromatic heterocycles. The predicted octanol–water partition coefficient (Wildman–Crippen LogP) is 4.61. The predicted molar refractivity (Wildman–Crippen MR) is 57.9 cm³/mol. The third-order valence-electron chi connectivity index (χ3n) is 2.11. The molecule has 74 valence electrons. The van der Waals surface area contributed by atoms with Crippen molar-refractivity contribution in [2.45, 2.75) is 65.2 Å². The van der Waals surface area contributed by atoms with E-state index in [0.717, 1.165) is 6.42 Å². The third-order valence-corrected chi connectivity index (χ3v) is 2.24. The van der Waals surface area contributed by atoms with Crippen LogP contribution in [0.25, 0.3) is 0 Å². The van der Waals surface area contributed by atoms with Crippen molar-refractivity contribution in [3.8, 4) is 0 Å². The molecule has 0 nitrogen and oxygen atoms in total. The summed E-state index contributed by atoms with van der Waals surface area (Å²) < 4.78 is 0. The fraction of sp³-hybridized carbons (Fsp3) is 1.00. The second-order valence-corrected chi connectivity index (χ2v) is 6.19. The second-order valence-electron chi connectivity index (χ2n) is 5.16. The monoisotopic (exact) mass is 190 g/mol. The van der Waals surface area contributed by atoms with E-state index >= 15 is 0 Å². The first-order valence-corrected chi connectivity index (χ1v) is 5.33. The van der Waals surface area contributed by atoms with Crippen LogP contribution in [0.5, 0.6) is 0 Å². The SMILES string of the molecule is CCCCC(C)(C)CC(C)(C)Cl. The third kappa shape index (κ3) is 6.97. The van der Waals surface area contributed by atoms with Crippen LogP contribution in [0.2, 0.25) is 0 Å². The number of unbranched alkanes of at least 4 members (excludes halogenated alkanes) is 1. The van der Waals surface area contributed by atoms with Crippen LogP contribution < -0.4 is 0 Å². The van der Waals surface area contributed by atoms with Crippen molar-refractivity contribution < 1.29 is 0 Å². The molecular weight excluding hydrogens is 168 g/mol. The van der Waals surface area contributed by atoms with Crippen LogP contribution in [-0.4, -0.2) is 4.87 Å². The molecule has 0 aliphatic rings. The van der Waals surface area contributed by atoms with Gasteiger partial charge < -0.3 is 0 Å². The van der Waals surface area contributed by atoms with E-state index in [1.165, 1.54) is 19.3 Å². The maximum Gasteiger partial charge on any atom is 0.0395 e. The molecule has 0 saturated heterocycles. The summed E-state index contributed by atoms with van der Waals surface area (Å²) in [6.45, 7) is 11.1. The van der Waals surface area contributed by atoms with Gasteiger partial charge in [-0.05, 0) is 32.1 Å². The van der Waals surface area contributed by atoms with Crippen LogP contribution in [-0.2, 0) is 0 Å². The summed E-state index contributed by atoms with van der Waals surface area (Å²) in [4.78, 5) is -0.0444. The molecule has 0 rings (SSSR count). The lowest BCUT2D eigenvalue weighted by Gasteiger charge is -2.30. The molecule has 0 heterocycles. The summed E-state index contributed by atoms with van der Waals surface area (Å²) in [5.41, 5.74) is 0.404. The number of alkyl halides is 1. The second kappa shape index (κ2) is 4.50. The van der Waals surface area contributed by atoms with Gasteiger partial charge in [-0.1, -0.05) is 33.6 Å². The number of hydrogen-bond acceptors (Lipinski definition) is 0. The molecule has 0 aromatic carbocycles. The van der Waals surface area contributed by atoms with Gasteiger partial charge in [0.05, 0.1) is 0 Å². The zero-order valence-electron chi connectivity index (χ0n) is 9.21. The highest BCUT2D eigenvalue weighted by atomic mass is 35.5. The molecule has 0 bridgehead atoms. The number of hydrogen-bond donors (Lipinski definition) is 0. The van der Waals surface area contributed by atoms with Crippen molar-refractivity contribution in [1.82, 2.24) is 0 Å². The van der Waals surface area contributed by atoms with E-state index < -0.39 is 0 Å². The van der Waals surface area contributed by atoms with E-state index in [1.54, 1.807) is 0 Å². The average Bonchev–Trinajstić information content (AvgIpc) is 1.78. The van der Waals surface area contributed by atoms with Gasteiger partial charge in [-0.25, -0.2) is 0 Å². The van der Waals surface area contributed by atoms with Crippen molar-refractivity contribution in [3.63, 3.8) is 0 Å². The fourth-order valence-corrected chi connectivity index (χ4v) is 2.24. The lowest BCUT2D eigenvalue weighted by atomic mass is 9.79. The highest BCUT2D eigenvalue weighted by Crippen LogP contribution is 2.35. The van der Waals surface area contributed by atoms with Gasteiger partial charge in [0.15, 0.2) is 0 Å². The van der Waals surface area contributed by atoms with Crippen molar-refractivity contribution in [2.75, 3.05) is 0 Å². The molecule has 0 aliphatic carbocycles. The summed E-state index contributed by atoms with van der Waals surface area (Å²) >= 11 is 6.20. The maximum absolute atomic E-state index is 6.20. The summed E-state index contributed by atoms with van der Waals surface area (Å²) in [5.74, 6) is 0. The van der Waals surface area contributed by atoms with Gasteiger partial charge in [-0.15, -0.1) is 11.6 Å². The van der Waals surface area contributed by atoms with Crippen LogP contribution in [0.15, 0.2) is 0 Å². The van der Waals surface area contributed by atoms with Gasteiger partial charge >= 0.3 is 0 Å². The van der Waals surface area contributed by atoms with E-state index in [4.69, 9.17) is 11.6 Å². The molecule has 0 atom stereocenters.